The molecular formula is C10H20N2Na3O10. The van der Waals surface area contributed by atoms with Gasteiger partial charge in [0.2, 0.25) is 0 Å². The van der Waals surface area contributed by atoms with E-state index in [1.165, 1.54) is 0 Å². The molecule has 12 nitrogen and oxygen atoms in total. The SMILES string of the molecule is O.O.O=C(O)CN(CCN(CC(=O)O)CC(=O)O)CC(=O)O.[Na].[Na].[Na]. The zero-order valence-electron chi connectivity index (χ0n) is 14.6. The summed E-state index contributed by atoms with van der Waals surface area (Å²) in [6, 6.07) is 0. The van der Waals surface area contributed by atoms with E-state index in [9.17, 15) is 19.2 Å². The van der Waals surface area contributed by atoms with Gasteiger partial charge in [0.25, 0.3) is 0 Å². The molecule has 0 bridgehead atoms. The third-order valence-corrected chi connectivity index (χ3v) is 2.17. The van der Waals surface area contributed by atoms with Crippen LogP contribution in [0, 0.1) is 0 Å². The third kappa shape index (κ3) is 27.0. The standard InChI is InChI=1S/C10H16N2O8.3Na.2H2O/c13-7(14)3-11(4-8(15)16)1-2-12(5-9(17)18)6-10(19)20;;;;;/h1-6H2,(H,13,14)(H,15,16)(H,17,18)(H,19,20);;;;2*1H2. The molecule has 0 saturated heterocycles. The van der Waals surface area contributed by atoms with E-state index in [1.807, 2.05) is 0 Å². The topological polar surface area (TPSA) is 219 Å². The fourth-order valence-electron chi connectivity index (χ4n) is 1.48. The van der Waals surface area contributed by atoms with E-state index in [-0.39, 0.29) is 113 Å². The third-order valence-electron chi connectivity index (χ3n) is 2.17. The molecule has 15 heteroatoms. The van der Waals surface area contributed by atoms with Gasteiger partial charge >= 0.3 is 23.9 Å². The Morgan fingerprint density at radius 3 is 0.800 bits per heavy atom. The van der Waals surface area contributed by atoms with E-state index >= 15 is 0 Å². The molecule has 25 heavy (non-hydrogen) atoms. The van der Waals surface area contributed by atoms with Crippen LogP contribution in [0.2, 0.25) is 0 Å². The predicted molar refractivity (Wildman–Crippen MR) is 87.9 cm³/mol. The molecule has 0 aliphatic heterocycles. The maximum absolute atomic E-state index is 10.6. The van der Waals surface area contributed by atoms with E-state index in [2.05, 4.69) is 0 Å². The summed E-state index contributed by atoms with van der Waals surface area (Å²) >= 11 is 0. The van der Waals surface area contributed by atoms with Crippen LogP contribution in [0.3, 0.4) is 0 Å². The van der Waals surface area contributed by atoms with Crippen LogP contribution in [0.4, 0.5) is 0 Å². The summed E-state index contributed by atoms with van der Waals surface area (Å²) in [6.07, 6.45) is 0. The Hall–Kier alpha value is 0.720. The first-order valence-electron chi connectivity index (χ1n) is 5.52. The molecule has 0 aromatic heterocycles. The van der Waals surface area contributed by atoms with Crippen molar-refractivity contribution in [1.82, 2.24) is 9.80 Å². The Morgan fingerprint density at radius 2 is 0.680 bits per heavy atom. The van der Waals surface area contributed by atoms with Crippen molar-refractivity contribution in [3.8, 4) is 0 Å². The van der Waals surface area contributed by atoms with Gasteiger partial charge < -0.3 is 31.4 Å². The maximum atomic E-state index is 10.6. The molecule has 0 aliphatic carbocycles. The van der Waals surface area contributed by atoms with Crippen LogP contribution in [0.15, 0.2) is 0 Å². The van der Waals surface area contributed by atoms with Crippen LogP contribution in [-0.4, -0.2) is 193 Å². The molecular weight excluding hydrogens is 377 g/mol. The molecule has 8 N–H and O–H groups in total. The van der Waals surface area contributed by atoms with Crippen molar-refractivity contribution in [2.24, 2.45) is 0 Å². The van der Waals surface area contributed by atoms with Gasteiger partial charge in [-0.3, -0.25) is 29.0 Å². The van der Waals surface area contributed by atoms with Crippen LogP contribution in [0.5, 0.6) is 0 Å². The normalized spacial score (nSPS) is 8.56. The smallest absolute Gasteiger partial charge is 0.317 e. The molecule has 0 aliphatic rings. The first-order valence-corrected chi connectivity index (χ1v) is 5.52. The fourth-order valence-corrected chi connectivity index (χ4v) is 1.48. The second kappa shape index (κ2) is 22.8. The van der Waals surface area contributed by atoms with E-state index in [0.29, 0.717) is 0 Å². The van der Waals surface area contributed by atoms with Crippen LogP contribution in [-0.2, 0) is 19.2 Å². The van der Waals surface area contributed by atoms with Crippen LogP contribution < -0.4 is 0 Å². The van der Waals surface area contributed by atoms with Gasteiger partial charge in [0.05, 0.1) is 26.2 Å². The van der Waals surface area contributed by atoms with Gasteiger partial charge in [-0.1, -0.05) is 0 Å². The molecule has 0 rings (SSSR count). The van der Waals surface area contributed by atoms with Gasteiger partial charge in [0.1, 0.15) is 0 Å². The average molecular weight is 397 g/mol. The van der Waals surface area contributed by atoms with Gasteiger partial charge in [-0.25, -0.2) is 0 Å². The van der Waals surface area contributed by atoms with Crippen molar-refractivity contribution in [3.63, 3.8) is 0 Å². The molecule has 0 fully saturated rings. The summed E-state index contributed by atoms with van der Waals surface area (Å²) in [6.45, 7) is -2.25. The number of carbonyl (C=O) groups is 4. The van der Waals surface area contributed by atoms with Crippen LogP contribution in [0.25, 0.3) is 0 Å². The Morgan fingerprint density at radius 1 is 0.520 bits per heavy atom. The quantitative estimate of drug-likeness (QED) is 0.243. The van der Waals surface area contributed by atoms with Gasteiger partial charge in [-0.15, -0.1) is 0 Å². The largest absolute Gasteiger partial charge is 0.480 e. The molecule has 3 radical (unpaired) electrons. The number of carboxylic acid groups (broad SMARTS) is 4. The predicted octanol–water partition coefficient (Wildman–Crippen LogP) is -4.86. The summed E-state index contributed by atoms with van der Waals surface area (Å²) in [4.78, 5) is 44.4. The monoisotopic (exact) mass is 397 g/mol. The molecule has 0 saturated carbocycles. The number of nitrogens with zero attached hydrogens (tertiary/aromatic N) is 2. The minimum absolute atomic E-state index is 0. The zero-order valence-corrected chi connectivity index (χ0v) is 20.6. The van der Waals surface area contributed by atoms with Crippen molar-refractivity contribution in [2.75, 3.05) is 39.3 Å². The van der Waals surface area contributed by atoms with E-state index in [0.717, 1.165) is 9.80 Å². The molecule has 0 atom stereocenters. The summed E-state index contributed by atoms with van der Waals surface area (Å²) in [5.74, 6) is -4.91. The van der Waals surface area contributed by atoms with Crippen molar-refractivity contribution in [3.05, 3.63) is 0 Å². The summed E-state index contributed by atoms with van der Waals surface area (Å²) in [5, 5.41) is 34.5. The molecule has 0 heterocycles. The number of carboxylic acids is 4. The van der Waals surface area contributed by atoms with Gasteiger partial charge in [0.15, 0.2) is 0 Å². The first-order chi connectivity index (χ1) is 9.20. The molecule has 133 valence electrons. The van der Waals surface area contributed by atoms with Gasteiger partial charge in [0, 0.05) is 102 Å². The Bertz CT molecular complexity index is 331. The van der Waals surface area contributed by atoms with E-state index in [4.69, 9.17) is 20.4 Å². The molecule has 0 aromatic rings. The van der Waals surface area contributed by atoms with Crippen molar-refractivity contribution >= 4 is 113 Å². The van der Waals surface area contributed by atoms with Crippen LogP contribution in [0.1, 0.15) is 0 Å². The molecule has 0 unspecified atom stereocenters. The number of rotatable bonds is 11. The number of hydrogen-bond acceptors (Lipinski definition) is 6. The Labute approximate surface area is 210 Å². The minimum Gasteiger partial charge on any atom is -0.480 e. The molecule has 0 aromatic carbocycles. The van der Waals surface area contributed by atoms with Gasteiger partial charge in [-0.05, 0) is 0 Å². The van der Waals surface area contributed by atoms with E-state index in [1.54, 1.807) is 0 Å². The second-order valence-corrected chi connectivity index (χ2v) is 4.00. The zero-order chi connectivity index (χ0) is 15.7. The fraction of sp³-hybridized carbons (Fsp3) is 0.600. The second-order valence-electron chi connectivity index (χ2n) is 4.00. The van der Waals surface area contributed by atoms with Gasteiger partial charge in [-0.2, -0.15) is 0 Å². The van der Waals surface area contributed by atoms with Crippen molar-refractivity contribution in [1.29, 1.82) is 0 Å². The Kier molecular flexibility index (Phi) is 36.8. The number of aliphatic carboxylic acids is 4. The summed E-state index contributed by atoms with van der Waals surface area (Å²) < 4.78 is 0. The Balaban J connectivity index is -0.000000180. The number of hydrogen-bond donors (Lipinski definition) is 4. The van der Waals surface area contributed by atoms with Crippen molar-refractivity contribution < 1.29 is 50.6 Å². The van der Waals surface area contributed by atoms with Crippen LogP contribution >= 0.6 is 0 Å². The van der Waals surface area contributed by atoms with E-state index < -0.39 is 50.1 Å². The maximum Gasteiger partial charge on any atom is 0.317 e. The average Bonchev–Trinajstić information content (AvgIpc) is 2.22. The molecule has 0 amide bonds. The summed E-state index contributed by atoms with van der Waals surface area (Å²) in [7, 11) is 0. The minimum atomic E-state index is -1.23. The molecule has 0 spiro atoms. The first kappa shape index (κ1) is 40.4. The van der Waals surface area contributed by atoms with Crippen molar-refractivity contribution in [2.45, 2.75) is 0 Å². The summed E-state index contributed by atoms with van der Waals surface area (Å²) in [5.41, 5.74) is 0.